The Bertz CT molecular complexity index is 1250. The molecule has 6 heteroatoms. The lowest BCUT2D eigenvalue weighted by Crippen LogP contribution is -2.25. The molecule has 4 aromatic rings. The van der Waals surface area contributed by atoms with Crippen molar-refractivity contribution in [1.82, 2.24) is 0 Å². The molecule has 0 aliphatic heterocycles. The molecule has 1 N–H and O–H groups in total. The summed E-state index contributed by atoms with van der Waals surface area (Å²) in [5, 5.41) is 3.53. The zero-order valence-corrected chi connectivity index (χ0v) is 16.1. The number of anilines is 1. The van der Waals surface area contributed by atoms with Crippen LogP contribution in [-0.2, 0) is 4.79 Å². The molecule has 1 atom stereocenters. The molecule has 0 aliphatic rings. The molecule has 0 bridgehead atoms. The molecule has 1 aromatic heterocycles. The van der Waals surface area contributed by atoms with Crippen molar-refractivity contribution in [1.29, 1.82) is 0 Å². The van der Waals surface area contributed by atoms with Crippen LogP contribution in [0.3, 0.4) is 0 Å². The van der Waals surface area contributed by atoms with Crippen LogP contribution in [0.2, 0.25) is 0 Å². The summed E-state index contributed by atoms with van der Waals surface area (Å²) in [5.41, 5.74) is 1.81. The van der Waals surface area contributed by atoms with Gasteiger partial charge in [0.1, 0.15) is 17.1 Å². The monoisotopic (exact) mass is 403 g/mol. The van der Waals surface area contributed by atoms with E-state index in [1.165, 1.54) is 30.3 Å². The second-order valence-corrected chi connectivity index (χ2v) is 6.81. The topological polar surface area (TPSA) is 68.5 Å². The van der Waals surface area contributed by atoms with Crippen LogP contribution in [0.25, 0.3) is 11.0 Å². The summed E-state index contributed by atoms with van der Waals surface area (Å²) in [6.45, 7) is 1.82. The van der Waals surface area contributed by atoms with E-state index in [1.54, 1.807) is 42.5 Å². The van der Waals surface area contributed by atoms with Crippen LogP contribution >= 0.6 is 0 Å². The van der Waals surface area contributed by atoms with Gasteiger partial charge in [-0.1, -0.05) is 30.3 Å². The maximum atomic E-state index is 13.2. The number of carbonyl (C=O) groups is 1. The third-order valence-electron chi connectivity index (χ3n) is 4.63. The van der Waals surface area contributed by atoms with E-state index in [2.05, 4.69) is 5.32 Å². The van der Waals surface area contributed by atoms with E-state index in [0.29, 0.717) is 22.6 Å². The van der Waals surface area contributed by atoms with E-state index in [-0.39, 0.29) is 0 Å². The standard InChI is InChI=1S/C24H18FNO4/c1-15-13-22(27)30-21-14-19(11-12-20(15)21)29-23(16-5-3-2-4-6-16)24(28)26-18-9-7-17(25)8-10-18/h2-14,23H,1H3,(H,26,28)/t23-/m0/s1. The number of aryl methyl sites for hydroxylation is 1. The van der Waals surface area contributed by atoms with Crippen molar-refractivity contribution in [2.45, 2.75) is 13.0 Å². The zero-order valence-electron chi connectivity index (χ0n) is 16.1. The van der Waals surface area contributed by atoms with Gasteiger partial charge in [-0.3, -0.25) is 4.79 Å². The summed E-state index contributed by atoms with van der Waals surface area (Å²) in [6, 6.07) is 21.0. The largest absolute Gasteiger partial charge is 0.476 e. The lowest BCUT2D eigenvalue weighted by molar-refractivity contribution is -0.123. The molecule has 4 rings (SSSR count). The number of fused-ring (bicyclic) bond motifs is 1. The number of ether oxygens (including phenoxy) is 1. The lowest BCUT2D eigenvalue weighted by atomic mass is 10.1. The Kier molecular flexibility index (Phi) is 5.30. The molecule has 0 saturated carbocycles. The van der Waals surface area contributed by atoms with E-state index < -0.39 is 23.5 Å². The van der Waals surface area contributed by atoms with Crippen LogP contribution < -0.4 is 15.7 Å². The highest BCUT2D eigenvalue weighted by Gasteiger charge is 2.23. The maximum absolute atomic E-state index is 13.2. The number of benzene rings is 3. The summed E-state index contributed by atoms with van der Waals surface area (Å²) in [7, 11) is 0. The summed E-state index contributed by atoms with van der Waals surface area (Å²) in [5.74, 6) is -0.435. The summed E-state index contributed by atoms with van der Waals surface area (Å²) < 4.78 is 24.4. The number of hydrogen-bond acceptors (Lipinski definition) is 4. The first-order valence-corrected chi connectivity index (χ1v) is 9.32. The number of halogens is 1. The normalized spacial score (nSPS) is 11.8. The quantitative estimate of drug-likeness (QED) is 0.476. The Morgan fingerprint density at radius 2 is 1.73 bits per heavy atom. The Morgan fingerprint density at radius 1 is 1.00 bits per heavy atom. The van der Waals surface area contributed by atoms with Crippen LogP contribution in [0, 0.1) is 12.7 Å². The van der Waals surface area contributed by atoms with Crippen molar-refractivity contribution in [3.05, 3.63) is 106 Å². The molecular formula is C24H18FNO4. The third-order valence-corrected chi connectivity index (χ3v) is 4.63. The molecule has 1 amide bonds. The van der Waals surface area contributed by atoms with Gasteiger partial charge in [0.05, 0.1) is 0 Å². The van der Waals surface area contributed by atoms with Crippen molar-refractivity contribution < 1.29 is 18.3 Å². The maximum Gasteiger partial charge on any atom is 0.336 e. The second-order valence-electron chi connectivity index (χ2n) is 6.81. The number of hydrogen-bond donors (Lipinski definition) is 1. The van der Waals surface area contributed by atoms with Gasteiger partial charge in [-0.05, 0) is 48.9 Å². The van der Waals surface area contributed by atoms with Gasteiger partial charge >= 0.3 is 5.63 Å². The molecule has 0 spiro atoms. The summed E-state index contributed by atoms with van der Waals surface area (Å²) in [4.78, 5) is 24.7. The number of carbonyl (C=O) groups excluding carboxylic acids is 1. The summed E-state index contributed by atoms with van der Waals surface area (Å²) >= 11 is 0. The first-order valence-electron chi connectivity index (χ1n) is 9.32. The highest BCUT2D eigenvalue weighted by atomic mass is 19.1. The number of rotatable bonds is 5. The van der Waals surface area contributed by atoms with E-state index in [4.69, 9.17) is 9.15 Å². The number of amides is 1. The van der Waals surface area contributed by atoms with Crippen molar-refractivity contribution in [3.8, 4) is 5.75 Å². The van der Waals surface area contributed by atoms with E-state index in [0.717, 1.165) is 10.9 Å². The van der Waals surface area contributed by atoms with Gasteiger partial charge in [-0.25, -0.2) is 9.18 Å². The number of nitrogens with one attached hydrogen (secondary N) is 1. The van der Waals surface area contributed by atoms with E-state index >= 15 is 0 Å². The molecule has 1 heterocycles. The Balaban J connectivity index is 1.66. The molecule has 0 fully saturated rings. The minimum atomic E-state index is -0.967. The molecule has 30 heavy (non-hydrogen) atoms. The van der Waals surface area contributed by atoms with Crippen molar-refractivity contribution >= 4 is 22.6 Å². The first-order chi connectivity index (χ1) is 14.5. The average Bonchev–Trinajstić information content (AvgIpc) is 2.74. The van der Waals surface area contributed by atoms with Crippen molar-refractivity contribution in [2.24, 2.45) is 0 Å². The van der Waals surface area contributed by atoms with Gasteiger partial charge in [0.15, 0.2) is 0 Å². The average molecular weight is 403 g/mol. The highest BCUT2D eigenvalue weighted by Crippen LogP contribution is 2.27. The van der Waals surface area contributed by atoms with Gasteiger partial charge in [-0.15, -0.1) is 0 Å². The molecule has 150 valence electrons. The van der Waals surface area contributed by atoms with E-state index in [1.807, 2.05) is 13.0 Å². The fraction of sp³-hybridized carbons (Fsp3) is 0.0833. The van der Waals surface area contributed by atoms with Crippen molar-refractivity contribution in [2.75, 3.05) is 5.32 Å². The Morgan fingerprint density at radius 3 is 2.47 bits per heavy atom. The smallest absolute Gasteiger partial charge is 0.336 e. The molecule has 0 aliphatic carbocycles. The fourth-order valence-corrected chi connectivity index (χ4v) is 3.16. The third kappa shape index (κ3) is 4.22. The van der Waals surface area contributed by atoms with Gasteiger partial charge in [-0.2, -0.15) is 0 Å². The van der Waals surface area contributed by atoms with Crippen LogP contribution in [0.5, 0.6) is 5.75 Å². The van der Waals surface area contributed by atoms with Gasteiger partial charge in [0.2, 0.25) is 6.10 Å². The van der Waals surface area contributed by atoms with Gasteiger partial charge in [0.25, 0.3) is 5.91 Å². The summed E-state index contributed by atoms with van der Waals surface area (Å²) in [6.07, 6.45) is -0.967. The lowest BCUT2D eigenvalue weighted by Gasteiger charge is -2.19. The Hall–Kier alpha value is -3.93. The van der Waals surface area contributed by atoms with Crippen molar-refractivity contribution in [3.63, 3.8) is 0 Å². The first kappa shape index (κ1) is 19.4. The predicted molar refractivity (Wildman–Crippen MR) is 112 cm³/mol. The van der Waals surface area contributed by atoms with Crippen LogP contribution in [-0.4, -0.2) is 5.91 Å². The predicted octanol–water partition coefficient (Wildman–Crippen LogP) is 5.00. The van der Waals surface area contributed by atoms with Gasteiger partial charge in [0, 0.05) is 28.8 Å². The van der Waals surface area contributed by atoms with Gasteiger partial charge < -0.3 is 14.5 Å². The van der Waals surface area contributed by atoms with Crippen LogP contribution in [0.4, 0.5) is 10.1 Å². The van der Waals surface area contributed by atoms with Crippen LogP contribution in [0.1, 0.15) is 17.2 Å². The van der Waals surface area contributed by atoms with E-state index in [9.17, 15) is 14.0 Å². The SMILES string of the molecule is Cc1cc(=O)oc2cc(O[C@H](C(=O)Nc3ccc(F)cc3)c3ccccc3)ccc12. The molecule has 0 unspecified atom stereocenters. The molecule has 0 radical (unpaired) electrons. The zero-order chi connectivity index (χ0) is 21.1. The van der Waals surface area contributed by atoms with Crippen LogP contribution in [0.15, 0.2) is 88.1 Å². The molecule has 5 nitrogen and oxygen atoms in total. The molecule has 0 saturated heterocycles. The minimum absolute atomic E-state index is 0.374. The second kappa shape index (κ2) is 8.21. The highest BCUT2D eigenvalue weighted by molar-refractivity contribution is 5.95. The molecular weight excluding hydrogens is 385 g/mol. The fourth-order valence-electron chi connectivity index (χ4n) is 3.16. The molecule has 3 aromatic carbocycles. The Labute approximate surface area is 171 Å². The minimum Gasteiger partial charge on any atom is -0.476 e.